The van der Waals surface area contributed by atoms with Crippen molar-refractivity contribution >= 4 is 22.4 Å². The fraction of sp³-hybridized carbons (Fsp3) is 0.238. The number of aryl methyl sites for hydroxylation is 1. The summed E-state index contributed by atoms with van der Waals surface area (Å²) in [5, 5.41) is 4.23. The second-order valence-electron chi connectivity index (χ2n) is 6.27. The number of hydrogen-bond donors (Lipinski definition) is 2. The Hall–Kier alpha value is -3.08. The molecule has 3 aromatic rings. The number of amides is 1. The van der Waals surface area contributed by atoms with E-state index in [0.29, 0.717) is 18.5 Å². The predicted octanol–water partition coefficient (Wildman–Crippen LogP) is 3.09. The fourth-order valence-corrected chi connectivity index (χ4v) is 3.03. The number of carbonyl (C=O) groups excluding carboxylic acids is 1. The first-order chi connectivity index (χ1) is 12.6. The van der Waals surface area contributed by atoms with Gasteiger partial charge in [-0.25, -0.2) is 0 Å². The van der Waals surface area contributed by atoms with E-state index >= 15 is 0 Å². The smallest absolute Gasteiger partial charge is 0.267 e. The van der Waals surface area contributed by atoms with Crippen LogP contribution in [0.4, 0.5) is 5.69 Å². The third-order valence-electron chi connectivity index (χ3n) is 4.41. The van der Waals surface area contributed by atoms with Crippen molar-refractivity contribution < 1.29 is 4.79 Å². The van der Waals surface area contributed by atoms with Gasteiger partial charge in [0.15, 0.2) is 0 Å². The van der Waals surface area contributed by atoms with Crippen molar-refractivity contribution in [3.05, 3.63) is 76.2 Å². The maximum Gasteiger partial charge on any atom is 0.267 e. The van der Waals surface area contributed by atoms with Crippen LogP contribution in [-0.4, -0.2) is 30.5 Å². The van der Waals surface area contributed by atoms with Crippen LogP contribution in [0.1, 0.15) is 23.0 Å². The molecule has 0 aliphatic carbocycles. The lowest BCUT2D eigenvalue weighted by molar-refractivity contribution is 0.0949. The van der Waals surface area contributed by atoms with E-state index in [4.69, 9.17) is 0 Å². The quantitative estimate of drug-likeness (QED) is 0.719. The van der Waals surface area contributed by atoms with Gasteiger partial charge in [0.05, 0.1) is 0 Å². The maximum absolute atomic E-state index is 12.4. The Morgan fingerprint density at radius 2 is 1.92 bits per heavy atom. The molecule has 0 radical (unpaired) electrons. The molecule has 1 heterocycles. The van der Waals surface area contributed by atoms with Crippen LogP contribution >= 0.6 is 0 Å². The molecule has 5 heteroatoms. The number of carbonyl (C=O) groups is 1. The molecule has 26 heavy (non-hydrogen) atoms. The van der Waals surface area contributed by atoms with E-state index in [2.05, 4.69) is 47.2 Å². The second kappa shape index (κ2) is 7.87. The molecule has 0 saturated heterocycles. The van der Waals surface area contributed by atoms with Gasteiger partial charge in [0.25, 0.3) is 11.5 Å². The molecular weight excluding hydrogens is 326 g/mol. The van der Waals surface area contributed by atoms with Crippen LogP contribution in [0.3, 0.4) is 0 Å². The highest BCUT2D eigenvalue weighted by Crippen LogP contribution is 2.15. The third-order valence-corrected chi connectivity index (χ3v) is 4.41. The highest BCUT2D eigenvalue weighted by molar-refractivity contribution is 5.96. The molecule has 0 spiro atoms. The largest absolute Gasteiger partial charge is 0.370 e. The molecule has 134 valence electrons. The maximum atomic E-state index is 12.4. The normalized spacial score (nSPS) is 10.7. The molecule has 0 unspecified atom stereocenters. The molecule has 0 atom stereocenters. The first kappa shape index (κ1) is 17.7. The highest BCUT2D eigenvalue weighted by atomic mass is 16.2. The Morgan fingerprint density at radius 1 is 1.12 bits per heavy atom. The fourth-order valence-electron chi connectivity index (χ4n) is 3.03. The lowest BCUT2D eigenvalue weighted by atomic mass is 10.1. The lowest BCUT2D eigenvalue weighted by Gasteiger charge is -2.23. The molecule has 3 rings (SSSR count). The van der Waals surface area contributed by atoms with E-state index in [1.807, 2.05) is 24.3 Å². The number of nitrogens with zero attached hydrogens (tertiary/aromatic N) is 1. The molecule has 2 N–H and O–H groups in total. The predicted molar refractivity (Wildman–Crippen MR) is 106 cm³/mol. The number of aromatic nitrogens is 1. The Balaban J connectivity index is 1.66. The molecule has 0 saturated carbocycles. The number of benzene rings is 2. The van der Waals surface area contributed by atoms with Crippen LogP contribution in [0.25, 0.3) is 10.8 Å². The van der Waals surface area contributed by atoms with Gasteiger partial charge in [-0.2, -0.15) is 0 Å². The molecular formula is C21H23N3O2. The average molecular weight is 349 g/mol. The zero-order chi connectivity index (χ0) is 18.5. The number of pyridine rings is 1. The summed E-state index contributed by atoms with van der Waals surface area (Å²) < 4.78 is 0. The Kier molecular flexibility index (Phi) is 5.37. The zero-order valence-corrected chi connectivity index (χ0v) is 15.1. The molecule has 0 fully saturated rings. The summed E-state index contributed by atoms with van der Waals surface area (Å²) in [6.07, 6.45) is 0. The minimum atomic E-state index is -0.270. The lowest BCUT2D eigenvalue weighted by Crippen LogP contribution is -2.35. The zero-order valence-electron chi connectivity index (χ0n) is 15.1. The van der Waals surface area contributed by atoms with Crippen molar-refractivity contribution in [3.8, 4) is 0 Å². The summed E-state index contributed by atoms with van der Waals surface area (Å²) >= 11 is 0. The minimum absolute atomic E-state index is 0.247. The number of anilines is 1. The van der Waals surface area contributed by atoms with Crippen molar-refractivity contribution in [1.29, 1.82) is 0 Å². The topological polar surface area (TPSA) is 65.2 Å². The summed E-state index contributed by atoms with van der Waals surface area (Å²) in [6.45, 7) is 6.20. The van der Waals surface area contributed by atoms with Gasteiger partial charge in [0, 0.05) is 30.7 Å². The Labute approximate surface area is 152 Å². The highest BCUT2D eigenvalue weighted by Gasteiger charge is 2.10. The Bertz CT molecular complexity index is 978. The molecule has 1 amide bonds. The van der Waals surface area contributed by atoms with Gasteiger partial charge in [0.2, 0.25) is 0 Å². The molecule has 1 aromatic heterocycles. The average Bonchev–Trinajstić information content (AvgIpc) is 2.65. The first-order valence-corrected chi connectivity index (χ1v) is 8.80. The summed E-state index contributed by atoms with van der Waals surface area (Å²) in [4.78, 5) is 29.4. The molecule has 0 aliphatic heterocycles. The van der Waals surface area contributed by atoms with E-state index < -0.39 is 0 Å². The van der Waals surface area contributed by atoms with Crippen molar-refractivity contribution in [1.82, 2.24) is 10.3 Å². The van der Waals surface area contributed by atoms with Crippen molar-refractivity contribution in [2.75, 3.05) is 24.5 Å². The monoisotopic (exact) mass is 349 g/mol. The summed E-state index contributed by atoms with van der Waals surface area (Å²) in [6, 6.07) is 17.2. The van der Waals surface area contributed by atoms with Crippen LogP contribution in [0.5, 0.6) is 0 Å². The van der Waals surface area contributed by atoms with E-state index in [1.165, 1.54) is 5.56 Å². The van der Waals surface area contributed by atoms with Crippen molar-refractivity contribution in [2.24, 2.45) is 0 Å². The van der Waals surface area contributed by atoms with Crippen molar-refractivity contribution in [3.63, 3.8) is 0 Å². The van der Waals surface area contributed by atoms with Gasteiger partial charge in [-0.15, -0.1) is 0 Å². The number of likely N-dealkylation sites (N-methyl/N-ethyl adjacent to an activating group) is 1. The number of nitrogens with one attached hydrogen (secondary N) is 2. The number of fused-ring (bicyclic) bond motifs is 1. The summed E-state index contributed by atoms with van der Waals surface area (Å²) in [5.41, 5.74) is 2.38. The van der Waals surface area contributed by atoms with Gasteiger partial charge in [-0.05, 0) is 49.1 Å². The number of H-pyrrole nitrogens is 1. The molecule has 0 bridgehead atoms. The molecule has 5 nitrogen and oxygen atoms in total. The van der Waals surface area contributed by atoms with Gasteiger partial charge in [0.1, 0.15) is 5.69 Å². The van der Waals surface area contributed by atoms with E-state index in [1.54, 1.807) is 12.1 Å². The number of rotatable bonds is 6. The SMILES string of the molecule is CCN(CCNC(=O)c1cc2ccccc2c(=O)[nH]1)c1cccc(C)c1. The van der Waals surface area contributed by atoms with Gasteiger partial charge in [-0.1, -0.05) is 30.3 Å². The number of aromatic amines is 1. The van der Waals surface area contributed by atoms with E-state index in [-0.39, 0.29) is 17.2 Å². The van der Waals surface area contributed by atoms with Gasteiger partial charge >= 0.3 is 0 Å². The van der Waals surface area contributed by atoms with Gasteiger partial charge in [-0.3, -0.25) is 9.59 Å². The summed E-state index contributed by atoms with van der Waals surface area (Å²) in [5.74, 6) is -0.270. The summed E-state index contributed by atoms with van der Waals surface area (Å²) in [7, 11) is 0. The standard InChI is InChI=1S/C21H23N3O2/c1-3-24(17-9-6-7-15(2)13-17)12-11-22-21(26)19-14-16-8-4-5-10-18(16)20(25)23-19/h4-10,13-14H,3,11-12H2,1-2H3,(H,22,26)(H,23,25). The number of hydrogen-bond acceptors (Lipinski definition) is 3. The van der Waals surface area contributed by atoms with Gasteiger partial charge < -0.3 is 15.2 Å². The third kappa shape index (κ3) is 3.94. The Morgan fingerprint density at radius 3 is 2.69 bits per heavy atom. The first-order valence-electron chi connectivity index (χ1n) is 8.80. The van der Waals surface area contributed by atoms with Crippen LogP contribution in [0.2, 0.25) is 0 Å². The van der Waals surface area contributed by atoms with Crippen LogP contribution in [0, 0.1) is 6.92 Å². The molecule has 0 aliphatic rings. The van der Waals surface area contributed by atoms with E-state index in [0.717, 1.165) is 17.6 Å². The van der Waals surface area contributed by atoms with Crippen LogP contribution < -0.4 is 15.8 Å². The van der Waals surface area contributed by atoms with Crippen LogP contribution in [-0.2, 0) is 0 Å². The van der Waals surface area contributed by atoms with Crippen molar-refractivity contribution in [2.45, 2.75) is 13.8 Å². The minimum Gasteiger partial charge on any atom is -0.370 e. The van der Waals surface area contributed by atoms with Crippen LogP contribution in [0.15, 0.2) is 59.4 Å². The van der Waals surface area contributed by atoms with E-state index in [9.17, 15) is 9.59 Å². The molecule has 2 aromatic carbocycles. The second-order valence-corrected chi connectivity index (χ2v) is 6.27.